The minimum Gasteiger partial charge on any atom is -0.361 e. The van der Waals surface area contributed by atoms with Crippen LogP contribution in [0.5, 0.6) is 0 Å². The van der Waals surface area contributed by atoms with Crippen molar-refractivity contribution in [2.75, 3.05) is 0 Å². The van der Waals surface area contributed by atoms with Crippen molar-refractivity contribution in [2.45, 2.75) is 64.6 Å². The topological polar surface area (TPSA) is 9.23 Å². The molecule has 0 saturated carbocycles. The van der Waals surface area contributed by atoms with Gasteiger partial charge in [0.05, 0.1) is 6.61 Å². The molecule has 0 spiro atoms. The molecule has 1 atom stereocenters. The fourth-order valence-corrected chi connectivity index (χ4v) is 2.30. The predicted molar refractivity (Wildman–Crippen MR) is 80.0 cm³/mol. The van der Waals surface area contributed by atoms with E-state index in [2.05, 4.69) is 50.0 Å². The van der Waals surface area contributed by atoms with Gasteiger partial charge in [0.2, 0.25) is 0 Å². The number of ether oxygens (including phenoxy) is 1. The van der Waals surface area contributed by atoms with Crippen LogP contribution in [0.3, 0.4) is 0 Å². The normalized spacial score (nSPS) is 19.4. The molecule has 0 N–H and O–H groups in total. The van der Waals surface area contributed by atoms with E-state index in [4.69, 9.17) is 4.74 Å². The van der Waals surface area contributed by atoms with Crippen molar-refractivity contribution < 1.29 is 4.74 Å². The van der Waals surface area contributed by atoms with Crippen LogP contribution in [0.4, 0.5) is 0 Å². The van der Waals surface area contributed by atoms with Gasteiger partial charge in [-0.05, 0) is 36.3 Å². The molecule has 1 aromatic rings. The first-order chi connectivity index (χ1) is 9.25. The van der Waals surface area contributed by atoms with Crippen molar-refractivity contribution in [3.63, 3.8) is 0 Å². The third-order valence-electron chi connectivity index (χ3n) is 3.63. The first-order valence-electron chi connectivity index (χ1n) is 7.44. The van der Waals surface area contributed by atoms with Gasteiger partial charge in [0.1, 0.15) is 6.10 Å². The molecule has 0 saturated heterocycles. The molecule has 2 rings (SSSR count). The molecular weight excluding hydrogens is 232 g/mol. The summed E-state index contributed by atoms with van der Waals surface area (Å²) in [5, 5.41) is 0. The Kier molecular flexibility index (Phi) is 5.48. The molecule has 0 aliphatic heterocycles. The van der Waals surface area contributed by atoms with E-state index >= 15 is 0 Å². The van der Waals surface area contributed by atoms with E-state index in [9.17, 15) is 0 Å². The van der Waals surface area contributed by atoms with Crippen LogP contribution >= 0.6 is 0 Å². The first-order valence-corrected chi connectivity index (χ1v) is 7.44. The molecule has 1 unspecified atom stereocenters. The second-order valence-corrected chi connectivity index (χ2v) is 5.62. The monoisotopic (exact) mass is 256 g/mol. The van der Waals surface area contributed by atoms with Crippen LogP contribution in [-0.2, 0) is 11.3 Å². The lowest BCUT2D eigenvalue weighted by Gasteiger charge is -2.14. The molecule has 0 aromatic heterocycles. The highest BCUT2D eigenvalue weighted by molar-refractivity contribution is 5.24. The summed E-state index contributed by atoms with van der Waals surface area (Å²) in [7, 11) is 0. The highest BCUT2D eigenvalue weighted by atomic mass is 16.5. The van der Waals surface area contributed by atoms with E-state index in [0.717, 1.165) is 12.8 Å². The van der Waals surface area contributed by atoms with E-state index in [0.29, 0.717) is 12.5 Å². The Hall–Kier alpha value is -1.26. The lowest BCUT2D eigenvalue weighted by atomic mass is 10.0. The molecule has 1 aliphatic rings. The van der Waals surface area contributed by atoms with Gasteiger partial charge in [0.25, 0.3) is 0 Å². The summed E-state index contributed by atoms with van der Waals surface area (Å²) >= 11 is 0. The van der Waals surface area contributed by atoms with E-state index < -0.39 is 0 Å². The average molecular weight is 256 g/mol. The van der Waals surface area contributed by atoms with Gasteiger partial charge in [-0.2, -0.15) is 0 Å². The summed E-state index contributed by atoms with van der Waals surface area (Å²) in [6, 6.07) is 8.75. The number of benzene rings is 1. The van der Waals surface area contributed by atoms with Gasteiger partial charge < -0.3 is 4.74 Å². The summed E-state index contributed by atoms with van der Waals surface area (Å²) < 4.78 is 5.93. The molecule has 1 nitrogen and oxygen atoms in total. The van der Waals surface area contributed by atoms with Crippen molar-refractivity contribution in [1.29, 1.82) is 0 Å². The van der Waals surface area contributed by atoms with Crippen LogP contribution in [0.25, 0.3) is 0 Å². The molecule has 1 aromatic carbocycles. The van der Waals surface area contributed by atoms with Crippen molar-refractivity contribution in [2.24, 2.45) is 0 Å². The van der Waals surface area contributed by atoms with Crippen molar-refractivity contribution in [3.05, 3.63) is 35.4 Å². The molecule has 1 aliphatic carbocycles. The Balaban J connectivity index is 1.87. The van der Waals surface area contributed by atoms with Crippen LogP contribution in [-0.4, -0.2) is 6.10 Å². The summed E-state index contributed by atoms with van der Waals surface area (Å²) in [5.41, 5.74) is 2.63. The smallest absolute Gasteiger partial charge is 0.118 e. The van der Waals surface area contributed by atoms with E-state index in [1.54, 1.807) is 0 Å². The van der Waals surface area contributed by atoms with Crippen LogP contribution in [0, 0.1) is 11.8 Å². The summed E-state index contributed by atoms with van der Waals surface area (Å²) in [5.74, 6) is 7.06. The Morgan fingerprint density at radius 1 is 1.16 bits per heavy atom. The highest BCUT2D eigenvalue weighted by Gasteiger charge is 2.07. The van der Waals surface area contributed by atoms with Gasteiger partial charge in [0.15, 0.2) is 0 Å². The molecule has 0 heterocycles. The van der Waals surface area contributed by atoms with Gasteiger partial charge >= 0.3 is 0 Å². The molecule has 0 radical (unpaired) electrons. The fraction of sp³-hybridized carbons (Fsp3) is 0.556. The zero-order valence-corrected chi connectivity index (χ0v) is 12.1. The van der Waals surface area contributed by atoms with E-state index in [1.165, 1.54) is 30.4 Å². The summed E-state index contributed by atoms with van der Waals surface area (Å²) in [6.45, 7) is 5.11. The Morgan fingerprint density at radius 3 is 2.68 bits per heavy atom. The standard InChI is InChI=1S/C18H24O/c1-15(2)17-12-10-16(11-13-17)14-19-18-8-6-4-3-5-7-9-18/h10-13,15,18H,3-6,8,14H2,1-2H3. The lowest BCUT2D eigenvalue weighted by molar-refractivity contribution is 0.0704. The van der Waals surface area contributed by atoms with Gasteiger partial charge in [0, 0.05) is 6.42 Å². The minimum atomic E-state index is 0.130. The second-order valence-electron chi connectivity index (χ2n) is 5.62. The zero-order valence-electron chi connectivity index (χ0n) is 12.1. The van der Waals surface area contributed by atoms with Crippen LogP contribution in [0.1, 0.15) is 63.0 Å². The molecule has 19 heavy (non-hydrogen) atoms. The predicted octanol–water partition coefficient (Wildman–Crippen LogP) is 4.66. The van der Waals surface area contributed by atoms with Gasteiger partial charge in [-0.1, -0.05) is 50.5 Å². The second kappa shape index (κ2) is 7.36. The highest BCUT2D eigenvalue weighted by Crippen LogP contribution is 2.16. The Bertz CT molecular complexity index is 433. The maximum atomic E-state index is 5.93. The minimum absolute atomic E-state index is 0.130. The van der Waals surface area contributed by atoms with Gasteiger partial charge in [-0.25, -0.2) is 0 Å². The molecular formula is C18H24O. The third-order valence-corrected chi connectivity index (χ3v) is 3.63. The summed E-state index contributed by atoms with van der Waals surface area (Å²) in [6.07, 6.45) is 6.02. The molecule has 1 heteroatoms. The van der Waals surface area contributed by atoms with Gasteiger partial charge in [-0.15, -0.1) is 5.92 Å². The summed E-state index contributed by atoms with van der Waals surface area (Å²) in [4.78, 5) is 0. The average Bonchev–Trinajstić information content (AvgIpc) is 2.38. The number of rotatable bonds is 4. The van der Waals surface area contributed by atoms with Crippen molar-refractivity contribution in [1.82, 2.24) is 0 Å². The maximum Gasteiger partial charge on any atom is 0.118 e. The van der Waals surface area contributed by atoms with Crippen LogP contribution in [0.15, 0.2) is 24.3 Å². The third kappa shape index (κ3) is 4.73. The Labute approximate surface area is 117 Å². The fourth-order valence-electron chi connectivity index (χ4n) is 2.30. The number of hydrogen-bond acceptors (Lipinski definition) is 1. The molecule has 0 amide bonds. The molecule has 0 fully saturated rings. The molecule has 102 valence electrons. The van der Waals surface area contributed by atoms with Crippen LogP contribution in [0.2, 0.25) is 0 Å². The van der Waals surface area contributed by atoms with Crippen molar-refractivity contribution in [3.8, 4) is 11.8 Å². The largest absolute Gasteiger partial charge is 0.361 e. The molecule has 0 bridgehead atoms. The van der Waals surface area contributed by atoms with E-state index in [1.807, 2.05) is 0 Å². The maximum absolute atomic E-state index is 5.93. The first kappa shape index (κ1) is 14.2. The van der Waals surface area contributed by atoms with Crippen LogP contribution < -0.4 is 0 Å². The van der Waals surface area contributed by atoms with E-state index in [-0.39, 0.29) is 6.10 Å². The quantitative estimate of drug-likeness (QED) is 0.712. The Morgan fingerprint density at radius 2 is 1.95 bits per heavy atom. The lowest BCUT2D eigenvalue weighted by Crippen LogP contribution is -2.11. The van der Waals surface area contributed by atoms with Gasteiger partial charge in [-0.3, -0.25) is 0 Å². The zero-order chi connectivity index (χ0) is 13.5. The van der Waals surface area contributed by atoms with Crippen molar-refractivity contribution >= 4 is 0 Å². The number of hydrogen-bond donors (Lipinski definition) is 0. The SMILES string of the molecule is CC(C)c1ccc(COC2C#CCCCCC2)cc1.